The van der Waals surface area contributed by atoms with Crippen LogP contribution in [0.3, 0.4) is 0 Å². The van der Waals surface area contributed by atoms with E-state index in [9.17, 15) is 5.11 Å². The molecule has 0 aromatic rings. The van der Waals surface area contributed by atoms with Gasteiger partial charge in [-0.05, 0) is 12.8 Å². The van der Waals surface area contributed by atoms with E-state index in [4.69, 9.17) is 9.47 Å². The summed E-state index contributed by atoms with van der Waals surface area (Å²) in [5, 5.41) is 9.29. The Balaban J connectivity index is 3.29. The summed E-state index contributed by atoms with van der Waals surface area (Å²) in [4.78, 5) is 0. The third-order valence-corrected chi connectivity index (χ3v) is 4.00. The van der Waals surface area contributed by atoms with Crippen LogP contribution < -0.4 is 0 Å². The van der Waals surface area contributed by atoms with Crippen LogP contribution in [0, 0.1) is 0 Å². The molecule has 22 heavy (non-hydrogen) atoms. The smallest absolute Gasteiger partial charge is 0.104 e. The van der Waals surface area contributed by atoms with Gasteiger partial charge in [0, 0.05) is 13.2 Å². The van der Waals surface area contributed by atoms with Crippen molar-refractivity contribution >= 4 is 0 Å². The van der Waals surface area contributed by atoms with E-state index in [1.54, 1.807) is 0 Å². The van der Waals surface area contributed by atoms with E-state index in [1.807, 2.05) is 0 Å². The summed E-state index contributed by atoms with van der Waals surface area (Å²) >= 11 is 0. The predicted octanol–water partition coefficient (Wildman–Crippen LogP) is 5.10. The van der Waals surface area contributed by atoms with Gasteiger partial charge in [-0.15, -0.1) is 0 Å². The first kappa shape index (κ1) is 21.9. The SMILES string of the molecule is CCCCCCCCOC[C@@H](CO)OCCCCCCCC. The van der Waals surface area contributed by atoms with Gasteiger partial charge >= 0.3 is 0 Å². The van der Waals surface area contributed by atoms with Gasteiger partial charge in [-0.25, -0.2) is 0 Å². The number of ether oxygens (including phenoxy) is 2. The van der Waals surface area contributed by atoms with E-state index in [0.717, 1.165) is 26.1 Å². The fraction of sp³-hybridized carbons (Fsp3) is 1.00. The fourth-order valence-electron chi connectivity index (χ4n) is 2.49. The number of hydrogen-bond donors (Lipinski definition) is 1. The van der Waals surface area contributed by atoms with Crippen LogP contribution in [0.2, 0.25) is 0 Å². The standard InChI is InChI=1S/C19H40O3/c1-3-5-7-9-11-13-15-21-18-19(17-20)22-16-14-12-10-8-6-4-2/h19-20H,3-18H2,1-2H3/t19-/m1/s1. The largest absolute Gasteiger partial charge is 0.394 e. The summed E-state index contributed by atoms with van der Waals surface area (Å²) in [7, 11) is 0. The average molecular weight is 317 g/mol. The molecule has 0 bridgehead atoms. The Hall–Kier alpha value is -0.120. The number of aliphatic hydroxyl groups excluding tert-OH is 1. The number of rotatable bonds is 18. The van der Waals surface area contributed by atoms with E-state index in [-0.39, 0.29) is 12.7 Å². The van der Waals surface area contributed by atoms with Crippen molar-refractivity contribution in [3.63, 3.8) is 0 Å². The van der Waals surface area contributed by atoms with E-state index in [1.165, 1.54) is 64.2 Å². The molecule has 134 valence electrons. The van der Waals surface area contributed by atoms with Gasteiger partial charge in [-0.1, -0.05) is 78.1 Å². The Morgan fingerprint density at radius 3 is 1.73 bits per heavy atom. The second-order valence-corrected chi connectivity index (χ2v) is 6.29. The van der Waals surface area contributed by atoms with Gasteiger partial charge in [0.25, 0.3) is 0 Å². The maximum absolute atomic E-state index is 9.29. The minimum atomic E-state index is -0.143. The van der Waals surface area contributed by atoms with Crippen LogP contribution in [-0.4, -0.2) is 37.6 Å². The van der Waals surface area contributed by atoms with Crippen LogP contribution >= 0.6 is 0 Å². The van der Waals surface area contributed by atoms with Crippen molar-refractivity contribution < 1.29 is 14.6 Å². The third kappa shape index (κ3) is 16.3. The van der Waals surface area contributed by atoms with Gasteiger partial charge in [-0.2, -0.15) is 0 Å². The summed E-state index contributed by atoms with van der Waals surface area (Å²) in [6, 6.07) is 0. The molecule has 3 nitrogen and oxygen atoms in total. The molecule has 0 heterocycles. The summed E-state index contributed by atoms with van der Waals surface area (Å²) in [6.07, 6.45) is 15.1. The van der Waals surface area contributed by atoms with Gasteiger partial charge in [0.15, 0.2) is 0 Å². The molecule has 1 N–H and O–H groups in total. The first-order valence-corrected chi connectivity index (χ1v) is 9.65. The summed E-state index contributed by atoms with van der Waals surface area (Å²) in [6.45, 7) is 6.61. The molecular weight excluding hydrogens is 276 g/mol. The van der Waals surface area contributed by atoms with Crippen molar-refractivity contribution in [1.29, 1.82) is 0 Å². The maximum Gasteiger partial charge on any atom is 0.104 e. The van der Waals surface area contributed by atoms with Crippen LogP contribution in [0.4, 0.5) is 0 Å². The molecule has 0 aliphatic rings. The highest BCUT2D eigenvalue weighted by molar-refractivity contribution is 4.55. The van der Waals surface area contributed by atoms with Crippen molar-refractivity contribution in [2.45, 2.75) is 97.0 Å². The van der Waals surface area contributed by atoms with Crippen molar-refractivity contribution in [1.82, 2.24) is 0 Å². The molecule has 0 spiro atoms. The van der Waals surface area contributed by atoms with Crippen molar-refractivity contribution in [3.8, 4) is 0 Å². The number of hydrogen-bond acceptors (Lipinski definition) is 3. The normalized spacial score (nSPS) is 12.7. The first-order valence-electron chi connectivity index (χ1n) is 9.65. The summed E-state index contributed by atoms with van der Waals surface area (Å²) in [5.74, 6) is 0. The lowest BCUT2D eigenvalue weighted by atomic mass is 10.1. The lowest BCUT2D eigenvalue weighted by Crippen LogP contribution is -2.24. The molecule has 3 heteroatoms. The maximum atomic E-state index is 9.29. The van der Waals surface area contributed by atoms with E-state index < -0.39 is 0 Å². The average Bonchev–Trinajstić information content (AvgIpc) is 2.54. The Morgan fingerprint density at radius 1 is 0.682 bits per heavy atom. The quantitative estimate of drug-likeness (QED) is 0.357. The molecule has 0 radical (unpaired) electrons. The first-order chi connectivity index (χ1) is 10.8. The molecule has 0 amide bonds. The zero-order chi connectivity index (χ0) is 16.3. The molecule has 1 atom stereocenters. The van der Waals surface area contributed by atoms with Crippen molar-refractivity contribution in [2.75, 3.05) is 26.4 Å². The van der Waals surface area contributed by atoms with Crippen LogP contribution in [0.1, 0.15) is 90.9 Å². The molecular formula is C19H40O3. The lowest BCUT2D eigenvalue weighted by molar-refractivity contribution is -0.0437. The molecule has 0 aliphatic heterocycles. The van der Waals surface area contributed by atoms with Crippen molar-refractivity contribution in [2.24, 2.45) is 0 Å². The molecule has 0 rings (SSSR count). The van der Waals surface area contributed by atoms with E-state index in [2.05, 4.69) is 13.8 Å². The Kier molecular flexibility index (Phi) is 18.8. The van der Waals surface area contributed by atoms with Crippen molar-refractivity contribution in [3.05, 3.63) is 0 Å². The van der Waals surface area contributed by atoms with Crippen LogP contribution in [0.15, 0.2) is 0 Å². The number of aliphatic hydroxyl groups is 1. The van der Waals surface area contributed by atoms with Crippen LogP contribution in [0.5, 0.6) is 0 Å². The Morgan fingerprint density at radius 2 is 1.18 bits per heavy atom. The van der Waals surface area contributed by atoms with E-state index >= 15 is 0 Å². The number of unbranched alkanes of at least 4 members (excludes halogenated alkanes) is 10. The zero-order valence-corrected chi connectivity index (χ0v) is 15.2. The fourth-order valence-corrected chi connectivity index (χ4v) is 2.49. The summed E-state index contributed by atoms with van der Waals surface area (Å²) < 4.78 is 11.3. The van der Waals surface area contributed by atoms with E-state index in [0.29, 0.717) is 6.61 Å². The molecule has 0 unspecified atom stereocenters. The third-order valence-electron chi connectivity index (χ3n) is 4.00. The molecule has 0 saturated carbocycles. The topological polar surface area (TPSA) is 38.7 Å². The minimum absolute atomic E-state index is 0.0618. The lowest BCUT2D eigenvalue weighted by Gasteiger charge is -2.15. The van der Waals surface area contributed by atoms with Crippen LogP contribution in [0.25, 0.3) is 0 Å². The highest BCUT2D eigenvalue weighted by Gasteiger charge is 2.07. The van der Waals surface area contributed by atoms with Gasteiger partial charge in [0.2, 0.25) is 0 Å². The monoisotopic (exact) mass is 316 g/mol. The second-order valence-electron chi connectivity index (χ2n) is 6.29. The zero-order valence-electron chi connectivity index (χ0n) is 15.2. The predicted molar refractivity (Wildman–Crippen MR) is 94.4 cm³/mol. The highest BCUT2D eigenvalue weighted by Crippen LogP contribution is 2.07. The minimum Gasteiger partial charge on any atom is -0.394 e. The molecule has 0 aliphatic carbocycles. The molecule has 0 fully saturated rings. The highest BCUT2D eigenvalue weighted by atomic mass is 16.5. The second kappa shape index (κ2) is 18.9. The molecule has 0 aromatic heterocycles. The van der Waals surface area contributed by atoms with Gasteiger partial charge in [0.05, 0.1) is 13.2 Å². The summed E-state index contributed by atoms with van der Waals surface area (Å²) in [5.41, 5.74) is 0. The van der Waals surface area contributed by atoms with Gasteiger partial charge < -0.3 is 14.6 Å². The Labute approximate surface area is 138 Å². The van der Waals surface area contributed by atoms with Gasteiger partial charge in [-0.3, -0.25) is 0 Å². The Bertz CT molecular complexity index is 197. The van der Waals surface area contributed by atoms with Gasteiger partial charge in [0.1, 0.15) is 6.10 Å². The molecule has 0 aromatic carbocycles. The molecule has 0 saturated heterocycles. The van der Waals surface area contributed by atoms with Crippen LogP contribution in [-0.2, 0) is 9.47 Å².